The summed E-state index contributed by atoms with van der Waals surface area (Å²) in [5, 5.41) is 8.54. The number of hydrogen-bond acceptors (Lipinski definition) is 6. The third-order valence-corrected chi connectivity index (χ3v) is 7.70. The highest BCUT2D eigenvalue weighted by Crippen LogP contribution is 2.39. The molecule has 6 nitrogen and oxygen atoms in total. The average molecular weight is 476 g/mol. The lowest BCUT2D eigenvalue weighted by Gasteiger charge is -2.28. The normalized spacial score (nSPS) is 19.3. The van der Waals surface area contributed by atoms with Crippen LogP contribution >= 0.6 is 11.3 Å². The molecule has 1 aliphatic carbocycles. The summed E-state index contributed by atoms with van der Waals surface area (Å²) in [6.07, 6.45) is 2.75. The number of hydrogen-bond donors (Lipinski definition) is 0. The first-order chi connectivity index (χ1) is 16.6. The van der Waals surface area contributed by atoms with E-state index in [0.29, 0.717) is 24.5 Å². The van der Waals surface area contributed by atoms with Gasteiger partial charge in [0.1, 0.15) is 0 Å². The van der Waals surface area contributed by atoms with Crippen molar-refractivity contribution < 1.29 is 14.3 Å². The molecule has 3 aromatic rings. The number of nitrogens with zero attached hydrogens (tertiary/aromatic N) is 3. The molecule has 176 valence electrons. The van der Waals surface area contributed by atoms with E-state index in [1.165, 1.54) is 11.1 Å². The molecular weight excluding hydrogens is 446 g/mol. The Balaban J connectivity index is 1.41. The summed E-state index contributed by atoms with van der Waals surface area (Å²) in [6.45, 7) is 0.310. The van der Waals surface area contributed by atoms with Gasteiger partial charge in [-0.2, -0.15) is 5.10 Å². The van der Waals surface area contributed by atoms with Crippen LogP contribution in [0.2, 0.25) is 0 Å². The van der Waals surface area contributed by atoms with Crippen LogP contribution < -0.4 is 9.47 Å². The van der Waals surface area contributed by atoms with Gasteiger partial charge < -0.3 is 9.47 Å². The Morgan fingerprint density at radius 3 is 2.71 bits per heavy atom. The van der Waals surface area contributed by atoms with E-state index in [2.05, 4.69) is 35.2 Å². The Labute approximate surface area is 204 Å². The lowest BCUT2D eigenvalue weighted by Crippen LogP contribution is -2.37. The first kappa shape index (κ1) is 22.6. The molecular formula is C27H29N3O3S. The van der Waals surface area contributed by atoms with Gasteiger partial charge >= 0.3 is 0 Å². The highest BCUT2D eigenvalue weighted by Gasteiger charge is 2.35. The van der Waals surface area contributed by atoms with Crippen molar-refractivity contribution in [3.8, 4) is 11.5 Å². The Morgan fingerprint density at radius 2 is 1.94 bits per heavy atom. The van der Waals surface area contributed by atoms with Crippen LogP contribution in [0.4, 0.5) is 0 Å². The molecule has 1 aliphatic heterocycles. The quantitative estimate of drug-likeness (QED) is 0.479. The molecule has 0 fully saturated rings. The van der Waals surface area contributed by atoms with E-state index in [1.54, 1.807) is 30.6 Å². The number of ether oxygens (including phenoxy) is 2. The molecule has 0 unspecified atom stereocenters. The summed E-state index contributed by atoms with van der Waals surface area (Å²) in [5.41, 5.74) is 4.64. The number of carbonyl (C=O) groups excluding carboxylic acids is 1. The molecule has 0 radical (unpaired) electrons. The molecule has 0 saturated heterocycles. The minimum Gasteiger partial charge on any atom is -0.493 e. The number of amides is 1. The van der Waals surface area contributed by atoms with Crippen LogP contribution in [0, 0.1) is 0 Å². The third-order valence-electron chi connectivity index (χ3n) is 6.78. The molecule has 5 rings (SSSR count). The monoisotopic (exact) mass is 475 g/mol. The summed E-state index contributed by atoms with van der Waals surface area (Å²) >= 11 is 1.65. The summed E-state index contributed by atoms with van der Waals surface area (Å²) in [6, 6.07) is 18.5. The Hall–Kier alpha value is -3.16. The molecule has 2 aliphatic rings. The van der Waals surface area contributed by atoms with Gasteiger partial charge in [0.2, 0.25) is 0 Å². The fraction of sp³-hybridized carbons (Fsp3) is 0.333. The summed E-state index contributed by atoms with van der Waals surface area (Å²) in [4.78, 5) is 16.9. The molecule has 2 heterocycles. The van der Waals surface area contributed by atoms with E-state index in [4.69, 9.17) is 14.6 Å². The number of rotatable bonds is 7. The van der Waals surface area contributed by atoms with Crippen molar-refractivity contribution in [1.82, 2.24) is 9.91 Å². The summed E-state index contributed by atoms with van der Waals surface area (Å²) in [7, 11) is 5.29. The van der Waals surface area contributed by atoms with Crippen LogP contribution in [0.5, 0.6) is 11.5 Å². The van der Waals surface area contributed by atoms with E-state index < -0.39 is 0 Å². The molecule has 1 amide bonds. The number of fused-ring (bicyclic) bond motifs is 1. The number of carbonyl (C=O) groups is 1. The SMILES string of the molecule is COc1ccc([C@@H]2CC(c3cccs3)=NN2C(=O)CN(C)[C@H]2CCc3ccccc32)cc1OC. The topological polar surface area (TPSA) is 54.4 Å². The van der Waals surface area contributed by atoms with E-state index in [-0.39, 0.29) is 18.0 Å². The van der Waals surface area contributed by atoms with Crippen molar-refractivity contribution in [3.05, 3.63) is 81.5 Å². The zero-order valence-corrected chi connectivity index (χ0v) is 20.5. The molecule has 2 atom stereocenters. The largest absolute Gasteiger partial charge is 0.493 e. The van der Waals surface area contributed by atoms with Gasteiger partial charge in [0.15, 0.2) is 11.5 Å². The molecule has 0 bridgehead atoms. The summed E-state index contributed by atoms with van der Waals surface area (Å²) in [5.74, 6) is 1.32. The standard InChI is InChI=1S/C27H29N3O3S/c1-29(22-12-10-18-7-4-5-8-20(18)22)17-27(31)30-23(16-21(28-30)26-9-6-14-34-26)19-11-13-24(32-2)25(15-19)33-3/h4-9,11,13-15,22-23H,10,12,16-17H2,1-3H3/t22-,23-/m0/s1. The van der Waals surface area contributed by atoms with Gasteiger partial charge in [-0.05, 0) is 60.2 Å². The second kappa shape index (κ2) is 9.60. The van der Waals surface area contributed by atoms with Gasteiger partial charge in [-0.15, -0.1) is 11.3 Å². The van der Waals surface area contributed by atoms with Gasteiger partial charge in [0, 0.05) is 12.5 Å². The Morgan fingerprint density at radius 1 is 1.12 bits per heavy atom. The second-order valence-corrected chi connectivity index (χ2v) is 9.71. The lowest BCUT2D eigenvalue weighted by molar-refractivity contribution is -0.134. The van der Waals surface area contributed by atoms with Crippen molar-refractivity contribution in [2.24, 2.45) is 5.10 Å². The number of thiophene rings is 1. The van der Waals surface area contributed by atoms with Crippen molar-refractivity contribution in [3.63, 3.8) is 0 Å². The van der Waals surface area contributed by atoms with Gasteiger partial charge in [-0.1, -0.05) is 36.4 Å². The van der Waals surface area contributed by atoms with E-state index in [1.807, 2.05) is 36.7 Å². The first-order valence-electron chi connectivity index (χ1n) is 11.5. The van der Waals surface area contributed by atoms with Gasteiger partial charge in [0.25, 0.3) is 5.91 Å². The second-order valence-electron chi connectivity index (χ2n) is 8.77. The lowest BCUT2D eigenvalue weighted by atomic mass is 10.0. The molecule has 34 heavy (non-hydrogen) atoms. The Bertz CT molecular complexity index is 1210. The van der Waals surface area contributed by atoms with Gasteiger partial charge in [0.05, 0.1) is 37.4 Å². The number of benzene rings is 2. The highest BCUT2D eigenvalue weighted by atomic mass is 32.1. The molecule has 0 spiro atoms. The van der Waals surface area contributed by atoms with Crippen molar-refractivity contribution >= 4 is 23.0 Å². The smallest absolute Gasteiger partial charge is 0.257 e. The molecule has 0 saturated carbocycles. The van der Waals surface area contributed by atoms with Crippen LogP contribution in [-0.4, -0.2) is 49.3 Å². The molecule has 0 N–H and O–H groups in total. The number of aryl methyl sites for hydroxylation is 1. The number of methoxy groups -OCH3 is 2. The highest BCUT2D eigenvalue weighted by molar-refractivity contribution is 7.12. The van der Waals surface area contributed by atoms with Crippen LogP contribution in [-0.2, 0) is 11.2 Å². The predicted octanol–water partition coefficient (Wildman–Crippen LogP) is 5.06. The van der Waals surface area contributed by atoms with Crippen LogP contribution in [0.25, 0.3) is 0 Å². The molecule has 7 heteroatoms. The fourth-order valence-corrected chi connectivity index (χ4v) is 5.76. The molecule has 1 aromatic heterocycles. The van der Waals surface area contributed by atoms with Crippen molar-refractivity contribution in [1.29, 1.82) is 0 Å². The zero-order valence-electron chi connectivity index (χ0n) is 19.7. The van der Waals surface area contributed by atoms with Crippen molar-refractivity contribution in [2.45, 2.75) is 31.3 Å². The number of hydrazone groups is 1. The van der Waals surface area contributed by atoms with Crippen molar-refractivity contribution in [2.75, 3.05) is 27.8 Å². The Kier molecular flexibility index (Phi) is 6.39. The van der Waals surface area contributed by atoms with Gasteiger partial charge in [-0.25, -0.2) is 5.01 Å². The van der Waals surface area contributed by atoms with Crippen LogP contribution in [0.1, 0.15) is 46.5 Å². The maximum atomic E-state index is 13.6. The number of likely N-dealkylation sites (N-methyl/N-ethyl adjacent to an activating group) is 1. The first-order valence-corrected chi connectivity index (χ1v) is 12.4. The third kappa shape index (κ3) is 4.21. The summed E-state index contributed by atoms with van der Waals surface area (Å²) < 4.78 is 10.9. The average Bonchev–Trinajstić information content (AvgIpc) is 3.62. The molecule has 2 aromatic carbocycles. The fourth-order valence-electron chi connectivity index (χ4n) is 5.04. The zero-order chi connectivity index (χ0) is 23.7. The van der Waals surface area contributed by atoms with E-state index in [0.717, 1.165) is 29.0 Å². The van der Waals surface area contributed by atoms with Crippen LogP contribution in [0.15, 0.2) is 65.1 Å². The van der Waals surface area contributed by atoms with Crippen LogP contribution in [0.3, 0.4) is 0 Å². The maximum Gasteiger partial charge on any atom is 0.257 e. The van der Waals surface area contributed by atoms with E-state index in [9.17, 15) is 4.79 Å². The minimum absolute atomic E-state index is 0.00165. The maximum absolute atomic E-state index is 13.6. The van der Waals surface area contributed by atoms with Gasteiger partial charge in [-0.3, -0.25) is 9.69 Å². The van der Waals surface area contributed by atoms with E-state index >= 15 is 0 Å². The minimum atomic E-state index is -0.186. The predicted molar refractivity (Wildman–Crippen MR) is 135 cm³/mol.